The molecule has 1 N–H and O–H groups in total. The molecule has 0 saturated heterocycles. The van der Waals surface area contributed by atoms with Crippen LogP contribution in [0.4, 0.5) is 0 Å². The lowest BCUT2D eigenvalue weighted by atomic mass is 10.2. The van der Waals surface area contributed by atoms with Crippen molar-refractivity contribution in [2.24, 2.45) is 0 Å². The molecule has 0 spiro atoms. The van der Waals surface area contributed by atoms with E-state index in [4.69, 9.17) is 9.84 Å². The summed E-state index contributed by atoms with van der Waals surface area (Å²) in [5.41, 5.74) is 0.890. The van der Waals surface area contributed by atoms with Gasteiger partial charge in [-0.05, 0) is 51.1 Å². The average Bonchev–Trinajstić information content (AvgIpc) is 2.45. The second-order valence-corrected chi connectivity index (χ2v) is 4.96. The molecule has 0 saturated carbocycles. The van der Waals surface area contributed by atoms with E-state index in [-0.39, 0.29) is 6.61 Å². The second kappa shape index (κ2) is 9.41. The van der Waals surface area contributed by atoms with Crippen LogP contribution in [0.2, 0.25) is 0 Å². The fourth-order valence-corrected chi connectivity index (χ4v) is 1.97. The topological polar surface area (TPSA) is 32.7 Å². The largest absolute Gasteiger partial charge is 0.492 e. The van der Waals surface area contributed by atoms with Crippen molar-refractivity contribution in [2.45, 2.75) is 33.2 Å². The Morgan fingerprint density at radius 3 is 2.45 bits per heavy atom. The van der Waals surface area contributed by atoms with E-state index < -0.39 is 0 Å². The number of benzene rings is 1. The zero-order valence-electron chi connectivity index (χ0n) is 12.7. The Morgan fingerprint density at radius 2 is 1.90 bits per heavy atom. The SMILES string of the molecule is CCCN(CCOc1ccc(C#CCO)cc1)C(C)C. The predicted octanol–water partition coefficient (Wildman–Crippen LogP) is 2.53. The minimum atomic E-state index is -0.110. The monoisotopic (exact) mass is 275 g/mol. The van der Waals surface area contributed by atoms with Crippen LogP contribution in [0.25, 0.3) is 0 Å². The lowest BCUT2D eigenvalue weighted by Crippen LogP contribution is -2.35. The van der Waals surface area contributed by atoms with E-state index in [0.29, 0.717) is 12.6 Å². The van der Waals surface area contributed by atoms with Gasteiger partial charge in [0, 0.05) is 18.2 Å². The molecule has 0 aromatic heterocycles. The third-order valence-electron chi connectivity index (χ3n) is 3.05. The fourth-order valence-electron chi connectivity index (χ4n) is 1.97. The Hall–Kier alpha value is -1.50. The first-order valence-electron chi connectivity index (χ1n) is 7.24. The molecule has 0 aliphatic carbocycles. The Labute approximate surface area is 122 Å². The van der Waals surface area contributed by atoms with Crippen molar-refractivity contribution in [3.05, 3.63) is 29.8 Å². The van der Waals surface area contributed by atoms with Gasteiger partial charge in [-0.2, -0.15) is 0 Å². The maximum absolute atomic E-state index is 8.64. The van der Waals surface area contributed by atoms with Gasteiger partial charge in [0.25, 0.3) is 0 Å². The van der Waals surface area contributed by atoms with E-state index in [1.54, 1.807) is 0 Å². The van der Waals surface area contributed by atoms with Gasteiger partial charge in [-0.1, -0.05) is 18.8 Å². The fraction of sp³-hybridized carbons (Fsp3) is 0.529. The highest BCUT2D eigenvalue weighted by Crippen LogP contribution is 2.11. The molecule has 0 fully saturated rings. The summed E-state index contributed by atoms with van der Waals surface area (Å²) in [7, 11) is 0. The normalized spacial score (nSPS) is 10.5. The minimum absolute atomic E-state index is 0.110. The molecule has 0 bridgehead atoms. The molecular weight excluding hydrogens is 250 g/mol. The summed E-state index contributed by atoms with van der Waals surface area (Å²) in [4.78, 5) is 2.42. The molecule has 0 atom stereocenters. The number of aliphatic hydroxyl groups is 1. The van der Waals surface area contributed by atoms with Crippen molar-refractivity contribution in [3.8, 4) is 17.6 Å². The van der Waals surface area contributed by atoms with Crippen LogP contribution in [-0.2, 0) is 0 Å². The van der Waals surface area contributed by atoms with Crippen LogP contribution in [0.15, 0.2) is 24.3 Å². The van der Waals surface area contributed by atoms with Gasteiger partial charge in [-0.25, -0.2) is 0 Å². The Bertz CT molecular complexity index is 429. The van der Waals surface area contributed by atoms with Crippen molar-refractivity contribution in [1.82, 2.24) is 4.90 Å². The standard InChI is InChI=1S/C17H25NO2/c1-4-11-18(15(2)3)12-14-20-17-9-7-16(8-10-17)6-5-13-19/h7-10,15,19H,4,11-14H2,1-3H3. The van der Waals surface area contributed by atoms with Gasteiger partial charge in [0.1, 0.15) is 19.0 Å². The summed E-state index contributed by atoms with van der Waals surface area (Å²) in [5, 5.41) is 8.64. The molecule has 3 nitrogen and oxygen atoms in total. The maximum Gasteiger partial charge on any atom is 0.119 e. The van der Waals surface area contributed by atoms with Gasteiger partial charge in [-0.3, -0.25) is 4.90 Å². The molecule has 1 rings (SSSR count). The first-order valence-corrected chi connectivity index (χ1v) is 7.24. The number of rotatable bonds is 7. The van der Waals surface area contributed by atoms with Crippen LogP contribution in [0.5, 0.6) is 5.75 Å². The molecule has 0 amide bonds. The lowest BCUT2D eigenvalue weighted by molar-refractivity contribution is 0.176. The van der Waals surface area contributed by atoms with Gasteiger partial charge in [0.2, 0.25) is 0 Å². The Morgan fingerprint density at radius 1 is 1.20 bits per heavy atom. The molecule has 110 valence electrons. The number of hydrogen-bond donors (Lipinski definition) is 1. The maximum atomic E-state index is 8.64. The molecule has 1 aromatic rings. The van der Waals surface area contributed by atoms with Crippen molar-refractivity contribution < 1.29 is 9.84 Å². The number of hydrogen-bond acceptors (Lipinski definition) is 3. The molecule has 0 aliphatic rings. The van der Waals surface area contributed by atoms with Crippen molar-refractivity contribution in [1.29, 1.82) is 0 Å². The zero-order valence-corrected chi connectivity index (χ0v) is 12.7. The molecule has 0 radical (unpaired) electrons. The van der Waals surface area contributed by atoms with Crippen LogP contribution >= 0.6 is 0 Å². The van der Waals surface area contributed by atoms with E-state index in [9.17, 15) is 0 Å². The van der Waals surface area contributed by atoms with E-state index >= 15 is 0 Å². The molecule has 0 unspecified atom stereocenters. The summed E-state index contributed by atoms with van der Waals surface area (Å²) < 4.78 is 5.75. The summed E-state index contributed by atoms with van der Waals surface area (Å²) in [6.07, 6.45) is 1.16. The first kappa shape index (κ1) is 16.6. The third-order valence-corrected chi connectivity index (χ3v) is 3.05. The van der Waals surface area contributed by atoms with Crippen LogP contribution in [0.1, 0.15) is 32.8 Å². The summed E-state index contributed by atoms with van der Waals surface area (Å²) >= 11 is 0. The summed E-state index contributed by atoms with van der Waals surface area (Å²) in [6, 6.07) is 8.20. The van der Waals surface area contributed by atoms with E-state index in [2.05, 4.69) is 37.5 Å². The number of aliphatic hydroxyl groups excluding tert-OH is 1. The van der Waals surface area contributed by atoms with Crippen molar-refractivity contribution in [2.75, 3.05) is 26.3 Å². The molecule has 1 aromatic carbocycles. The first-order chi connectivity index (χ1) is 9.67. The van der Waals surface area contributed by atoms with Gasteiger partial charge >= 0.3 is 0 Å². The lowest BCUT2D eigenvalue weighted by Gasteiger charge is -2.25. The highest BCUT2D eigenvalue weighted by Gasteiger charge is 2.07. The van der Waals surface area contributed by atoms with Crippen molar-refractivity contribution >= 4 is 0 Å². The molecular formula is C17H25NO2. The molecule has 3 heteroatoms. The Balaban J connectivity index is 2.41. The van der Waals surface area contributed by atoms with Gasteiger partial charge in [0.05, 0.1) is 0 Å². The van der Waals surface area contributed by atoms with Crippen LogP contribution in [0.3, 0.4) is 0 Å². The third kappa shape index (κ3) is 6.10. The average molecular weight is 275 g/mol. The van der Waals surface area contributed by atoms with Gasteiger partial charge in [0.15, 0.2) is 0 Å². The van der Waals surface area contributed by atoms with E-state index in [1.807, 2.05) is 24.3 Å². The second-order valence-electron chi connectivity index (χ2n) is 4.96. The smallest absolute Gasteiger partial charge is 0.119 e. The van der Waals surface area contributed by atoms with Gasteiger partial charge in [-0.15, -0.1) is 0 Å². The van der Waals surface area contributed by atoms with Crippen LogP contribution < -0.4 is 4.74 Å². The highest BCUT2D eigenvalue weighted by molar-refractivity contribution is 5.38. The quantitative estimate of drug-likeness (QED) is 0.776. The zero-order chi connectivity index (χ0) is 14.8. The number of nitrogens with zero attached hydrogens (tertiary/aromatic N) is 1. The number of ether oxygens (including phenoxy) is 1. The summed E-state index contributed by atoms with van der Waals surface area (Å²) in [5.74, 6) is 6.35. The van der Waals surface area contributed by atoms with Crippen LogP contribution in [0, 0.1) is 11.8 Å². The van der Waals surface area contributed by atoms with Gasteiger partial charge < -0.3 is 9.84 Å². The van der Waals surface area contributed by atoms with Crippen LogP contribution in [-0.4, -0.2) is 42.4 Å². The molecule has 0 heterocycles. The van der Waals surface area contributed by atoms with Crippen molar-refractivity contribution in [3.63, 3.8) is 0 Å². The van der Waals surface area contributed by atoms with E-state index in [0.717, 1.165) is 30.8 Å². The summed E-state index contributed by atoms with van der Waals surface area (Å²) in [6.45, 7) is 9.26. The van der Waals surface area contributed by atoms with E-state index in [1.165, 1.54) is 0 Å². The molecule has 20 heavy (non-hydrogen) atoms. The minimum Gasteiger partial charge on any atom is -0.492 e. The molecule has 0 aliphatic heterocycles. The highest BCUT2D eigenvalue weighted by atomic mass is 16.5. The Kier molecular flexibility index (Phi) is 7.79. The predicted molar refractivity (Wildman–Crippen MR) is 82.9 cm³/mol.